The van der Waals surface area contributed by atoms with Crippen molar-refractivity contribution in [1.29, 1.82) is 0 Å². The lowest BCUT2D eigenvalue weighted by Crippen LogP contribution is -2.41. The summed E-state index contributed by atoms with van der Waals surface area (Å²) in [7, 11) is 0. The second-order valence-corrected chi connectivity index (χ2v) is 9.95. The zero-order chi connectivity index (χ0) is 25.2. The van der Waals surface area contributed by atoms with Crippen molar-refractivity contribution in [3.8, 4) is 0 Å². The molecule has 3 heterocycles. The minimum atomic E-state index is -2.96. The Morgan fingerprint density at radius 2 is 1.97 bits per heavy atom. The monoisotopic (exact) mass is 489 g/mol. The highest BCUT2D eigenvalue weighted by atomic mass is 19.3. The molecule has 0 unspecified atom stereocenters. The lowest BCUT2D eigenvalue weighted by Gasteiger charge is -2.36. The van der Waals surface area contributed by atoms with E-state index in [9.17, 15) is 18.4 Å². The molecule has 1 fully saturated rings. The number of rotatable bonds is 7. The van der Waals surface area contributed by atoms with Crippen molar-refractivity contribution >= 4 is 11.9 Å². The third-order valence-electron chi connectivity index (χ3n) is 7.02. The number of nitrogens with zero attached hydrogens (tertiary/aromatic N) is 2. The molecule has 1 spiro atoms. The summed E-state index contributed by atoms with van der Waals surface area (Å²) in [5.41, 5.74) is 2.42. The van der Waals surface area contributed by atoms with Crippen LogP contribution in [-0.4, -0.2) is 48.0 Å². The molecule has 1 saturated heterocycles. The van der Waals surface area contributed by atoms with Gasteiger partial charge in [0.1, 0.15) is 0 Å². The predicted octanol–water partition coefficient (Wildman–Crippen LogP) is 4.13. The molecule has 0 saturated carbocycles. The van der Waals surface area contributed by atoms with Crippen molar-refractivity contribution in [2.75, 3.05) is 26.4 Å². The third-order valence-corrected chi connectivity index (χ3v) is 7.02. The molecule has 0 radical (unpaired) electrons. The van der Waals surface area contributed by atoms with Crippen molar-refractivity contribution in [3.63, 3.8) is 0 Å². The maximum Gasteiger partial charge on any atom is 0.338 e. The highest BCUT2D eigenvalue weighted by Gasteiger charge is 2.39. The van der Waals surface area contributed by atoms with Crippen LogP contribution in [0.5, 0.6) is 0 Å². The molecule has 2 aromatic rings. The van der Waals surface area contributed by atoms with E-state index in [1.807, 2.05) is 18.5 Å². The fraction of sp³-hybridized carbons (Fsp3) is 0.577. The molecule has 2 aliphatic rings. The summed E-state index contributed by atoms with van der Waals surface area (Å²) >= 11 is 0. The van der Waals surface area contributed by atoms with E-state index < -0.39 is 11.9 Å². The molecule has 35 heavy (non-hydrogen) atoms. The van der Waals surface area contributed by atoms with Crippen LogP contribution in [-0.2, 0) is 34.8 Å². The van der Waals surface area contributed by atoms with Gasteiger partial charge in [0.25, 0.3) is 11.8 Å². The molecule has 2 aliphatic heterocycles. The number of nitrogens with one attached hydrogen (secondary N) is 1. The standard InChI is InChI=1S/C26H33F2N3O4/c1-4-20-22-21(13-26(16-29-23(22)32)9-11-34-12-10-26)31(30-20)14-17(2)15-35-24(33)18-5-7-19(8-6-18)25(3,27)28/h5-8,17H,4,9-16H2,1-3H3,(H,29,32)/t17-/m1/s1. The molecular formula is C26H33F2N3O4. The molecule has 4 rings (SSSR count). The molecule has 1 amide bonds. The summed E-state index contributed by atoms with van der Waals surface area (Å²) in [5.74, 6) is -3.66. The number of halogens is 2. The molecule has 9 heteroatoms. The topological polar surface area (TPSA) is 82.5 Å². The fourth-order valence-corrected chi connectivity index (χ4v) is 4.87. The Hall–Kier alpha value is -2.81. The second kappa shape index (κ2) is 10.0. The lowest BCUT2D eigenvalue weighted by atomic mass is 9.76. The number of aromatic nitrogens is 2. The van der Waals surface area contributed by atoms with Gasteiger partial charge in [0.15, 0.2) is 0 Å². The van der Waals surface area contributed by atoms with Gasteiger partial charge in [-0.15, -0.1) is 0 Å². The first-order valence-electron chi connectivity index (χ1n) is 12.2. The Morgan fingerprint density at radius 1 is 1.29 bits per heavy atom. The number of benzene rings is 1. The van der Waals surface area contributed by atoms with Crippen LogP contribution < -0.4 is 5.32 Å². The molecule has 0 aliphatic carbocycles. The Kier molecular flexibility index (Phi) is 7.26. The van der Waals surface area contributed by atoms with E-state index >= 15 is 0 Å². The number of hydrogen-bond acceptors (Lipinski definition) is 5. The molecular weight excluding hydrogens is 456 g/mol. The first-order valence-corrected chi connectivity index (χ1v) is 12.2. The fourth-order valence-electron chi connectivity index (χ4n) is 4.87. The molecule has 1 atom stereocenters. The number of aryl methyl sites for hydroxylation is 1. The lowest BCUT2D eigenvalue weighted by molar-refractivity contribution is 0.0150. The first kappa shape index (κ1) is 25.3. The number of ether oxygens (including phenoxy) is 2. The summed E-state index contributed by atoms with van der Waals surface area (Å²) in [6.07, 6.45) is 3.16. The zero-order valence-electron chi connectivity index (χ0n) is 20.5. The Bertz CT molecular complexity index is 1070. The Labute approximate surface area is 204 Å². The molecule has 7 nitrogen and oxygen atoms in total. The summed E-state index contributed by atoms with van der Waals surface area (Å²) < 4.78 is 39.7. The summed E-state index contributed by atoms with van der Waals surface area (Å²) in [5, 5.41) is 7.86. The normalized spacial score (nSPS) is 18.5. The number of esters is 1. The van der Waals surface area contributed by atoms with E-state index in [4.69, 9.17) is 14.6 Å². The maximum absolute atomic E-state index is 13.4. The predicted molar refractivity (Wildman–Crippen MR) is 126 cm³/mol. The van der Waals surface area contributed by atoms with Crippen LogP contribution >= 0.6 is 0 Å². The van der Waals surface area contributed by atoms with E-state index in [1.54, 1.807) is 0 Å². The van der Waals surface area contributed by atoms with Crippen LogP contribution in [0.15, 0.2) is 24.3 Å². The van der Waals surface area contributed by atoms with Gasteiger partial charge in [0.05, 0.1) is 29.1 Å². The number of amides is 1. The van der Waals surface area contributed by atoms with Crippen LogP contribution in [0.25, 0.3) is 0 Å². The minimum Gasteiger partial charge on any atom is -0.462 e. The number of carbonyl (C=O) groups excluding carboxylic acids is 2. The molecule has 0 bridgehead atoms. The SMILES string of the molecule is CCc1nn(C[C@@H](C)COC(=O)c2ccc(C(C)(F)F)cc2)c2c1C(=O)NCC1(CCOCC1)C2. The smallest absolute Gasteiger partial charge is 0.338 e. The Balaban J connectivity index is 1.45. The number of fused-ring (bicyclic) bond motifs is 1. The summed E-state index contributed by atoms with van der Waals surface area (Å²) in [4.78, 5) is 25.4. The largest absolute Gasteiger partial charge is 0.462 e. The second-order valence-electron chi connectivity index (χ2n) is 9.95. The van der Waals surface area contributed by atoms with Gasteiger partial charge in [-0.05, 0) is 43.2 Å². The molecule has 1 aromatic heterocycles. The van der Waals surface area contributed by atoms with Crippen LogP contribution in [0, 0.1) is 11.3 Å². The molecule has 190 valence electrons. The van der Waals surface area contributed by atoms with Crippen LogP contribution in [0.4, 0.5) is 8.78 Å². The molecule has 1 aromatic carbocycles. The van der Waals surface area contributed by atoms with Gasteiger partial charge < -0.3 is 14.8 Å². The highest BCUT2D eigenvalue weighted by molar-refractivity contribution is 5.97. The van der Waals surface area contributed by atoms with Gasteiger partial charge in [0.2, 0.25) is 0 Å². The third kappa shape index (κ3) is 5.55. The number of alkyl halides is 2. The summed E-state index contributed by atoms with van der Waals surface area (Å²) in [6.45, 7) is 7.39. The highest BCUT2D eigenvalue weighted by Crippen LogP contribution is 2.37. The van der Waals surface area contributed by atoms with Gasteiger partial charge >= 0.3 is 5.97 Å². The van der Waals surface area contributed by atoms with Gasteiger partial charge in [-0.1, -0.05) is 26.0 Å². The van der Waals surface area contributed by atoms with Crippen molar-refractivity contribution in [2.24, 2.45) is 11.3 Å². The van der Waals surface area contributed by atoms with Crippen LogP contribution in [0.2, 0.25) is 0 Å². The van der Waals surface area contributed by atoms with Crippen LogP contribution in [0.3, 0.4) is 0 Å². The Morgan fingerprint density at radius 3 is 2.60 bits per heavy atom. The first-order chi connectivity index (χ1) is 16.6. The van der Waals surface area contributed by atoms with E-state index in [0.29, 0.717) is 38.3 Å². The van der Waals surface area contributed by atoms with E-state index in [-0.39, 0.29) is 35.0 Å². The maximum atomic E-state index is 13.4. The minimum absolute atomic E-state index is 0.0425. The van der Waals surface area contributed by atoms with Crippen molar-refractivity contribution in [1.82, 2.24) is 15.1 Å². The zero-order valence-corrected chi connectivity index (χ0v) is 20.5. The van der Waals surface area contributed by atoms with Gasteiger partial charge in [0, 0.05) is 44.7 Å². The summed E-state index contributed by atoms with van der Waals surface area (Å²) in [6, 6.07) is 5.18. The van der Waals surface area contributed by atoms with Gasteiger partial charge in [-0.25, -0.2) is 13.6 Å². The van der Waals surface area contributed by atoms with Crippen molar-refractivity contribution in [3.05, 3.63) is 52.3 Å². The average molecular weight is 490 g/mol. The van der Waals surface area contributed by atoms with E-state index in [1.165, 1.54) is 24.3 Å². The average Bonchev–Trinajstić information content (AvgIpc) is 3.10. The van der Waals surface area contributed by atoms with Crippen LogP contribution in [0.1, 0.15) is 71.3 Å². The van der Waals surface area contributed by atoms with E-state index in [0.717, 1.165) is 37.6 Å². The van der Waals surface area contributed by atoms with Crippen molar-refractivity contribution in [2.45, 2.75) is 58.9 Å². The van der Waals surface area contributed by atoms with E-state index in [2.05, 4.69) is 5.32 Å². The molecule has 1 N–H and O–H groups in total. The number of carbonyl (C=O) groups is 2. The van der Waals surface area contributed by atoms with Gasteiger partial charge in [-0.2, -0.15) is 5.10 Å². The van der Waals surface area contributed by atoms with Crippen molar-refractivity contribution < 1.29 is 27.8 Å². The van der Waals surface area contributed by atoms with Gasteiger partial charge in [-0.3, -0.25) is 9.48 Å². The number of hydrogen-bond donors (Lipinski definition) is 1. The quantitative estimate of drug-likeness (QED) is 0.592.